The quantitative estimate of drug-likeness (QED) is 0.758. The number of H-pyrrole nitrogens is 1. The third-order valence-electron chi connectivity index (χ3n) is 4.47. The van der Waals surface area contributed by atoms with Crippen LogP contribution in [0, 0.1) is 11.3 Å². The third-order valence-corrected chi connectivity index (χ3v) is 4.47. The van der Waals surface area contributed by atoms with E-state index in [-0.39, 0.29) is 11.8 Å². The molecule has 0 saturated carbocycles. The number of nitriles is 1. The van der Waals surface area contributed by atoms with Crippen LogP contribution in [0.1, 0.15) is 30.5 Å². The standard InChI is InChI=1S/C19H17N5O2/c1-11(25)23-19-6-14-15(8-21-18(14)9-22-19)17-5-12(7-20)4-16(24-17)13-2-3-26-10-13/h4-6,8-9,13,21H,2-3,10H2,1H3,(H,22,23,25). The zero-order chi connectivity index (χ0) is 18.1. The van der Waals surface area contributed by atoms with Crippen LogP contribution >= 0.6 is 0 Å². The van der Waals surface area contributed by atoms with Gasteiger partial charge in [0.05, 0.1) is 35.6 Å². The number of hydrogen-bond donors (Lipinski definition) is 2. The molecule has 0 aromatic carbocycles. The highest BCUT2D eigenvalue weighted by atomic mass is 16.5. The van der Waals surface area contributed by atoms with Gasteiger partial charge in [0.1, 0.15) is 5.82 Å². The maximum Gasteiger partial charge on any atom is 0.222 e. The maximum absolute atomic E-state index is 11.3. The number of nitrogens with one attached hydrogen (secondary N) is 2. The molecular formula is C19H17N5O2. The number of amides is 1. The fourth-order valence-corrected chi connectivity index (χ4v) is 3.21. The molecule has 7 heteroatoms. The predicted molar refractivity (Wildman–Crippen MR) is 96.5 cm³/mol. The zero-order valence-electron chi connectivity index (χ0n) is 14.2. The summed E-state index contributed by atoms with van der Waals surface area (Å²) in [6.07, 6.45) is 4.43. The molecule has 4 heterocycles. The Balaban J connectivity index is 1.82. The summed E-state index contributed by atoms with van der Waals surface area (Å²) < 4.78 is 5.46. The molecular weight excluding hydrogens is 330 g/mol. The zero-order valence-corrected chi connectivity index (χ0v) is 14.2. The van der Waals surface area contributed by atoms with Crippen molar-refractivity contribution in [3.05, 3.63) is 41.9 Å². The second-order valence-electron chi connectivity index (χ2n) is 6.34. The summed E-state index contributed by atoms with van der Waals surface area (Å²) in [7, 11) is 0. The van der Waals surface area contributed by atoms with Crippen LogP contribution < -0.4 is 5.32 Å². The largest absolute Gasteiger partial charge is 0.381 e. The van der Waals surface area contributed by atoms with E-state index in [2.05, 4.69) is 21.4 Å². The van der Waals surface area contributed by atoms with E-state index in [4.69, 9.17) is 9.72 Å². The summed E-state index contributed by atoms with van der Waals surface area (Å²) in [5.74, 6) is 0.512. The average molecular weight is 347 g/mol. The normalized spacial score (nSPS) is 16.5. The van der Waals surface area contributed by atoms with E-state index in [1.807, 2.05) is 18.3 Å². The van der Waals surface area contributed by atoms with Crippen molar-refractivity contribution in [3.63, 3.8) is 0 Å². The van der Waals surface area contributed by atoms with Gasteiger partial charge in [-0.05, 0) is 24.6 Å². The number of carbonyl (C=O) groups excluding carboxylic acids is 1. The number of aromatic nitrogens is 3. The van der Waals surface area contributed by atoms with Gasteiger partial charge in [0.15, 0.2) is 0 Å². The number of nitrogens with zero attached hydrogens (tertiary/aromatic N) is 3. The molecule has 0 aliphatic carbocycles. The highest BCUT2D eigenvalue weighted by Gasteiger charge is 2.21. The molecule has 26 heavy (non-hydrogen) atoms. The number of aromatic amines is 1. The summed E-state index contributed by atoms with van der Waals surface area (Å²) in [5.41, 5.74) is 3.87. The van der Waals surface area contributed by atoms with E-state index in [9.17, 15) is 10.1 Å². The highest BCUT2D eigenvalue weighted by Crippen LogP contribution is 2.32. The van der Waals surface area contributed by atoms with Gasteiger partial charge in [-0.3, -0.25) is 9.78 Å². The minimum absolute atomic E-state index is 0.179. The second-order valence-corrected chi connectivity index (χ2v) is 6.34. The molecule has 4 rings (SSSR count). The molecule has 2 N–H and O–H groups in total. The van der Waals surface area contributed by atoms with Crippen LogP contribution in [0.25, 0.3) is 22.2 Å². The molecule has 1 aliphatic heterocycles. The van der Waals surface area contributed by atoms with Gasteiger partial charge >= 0.3 is 0 Å². The van der Waals surface area contributed by atoms with Gasteiger partial charge < -0.3 is 15.0 Å². The van der Waals surface area contributed by atoms with Crippen LogP contribution in [-0.2, 0) is 9.53 Å². The Morgan fingerprint density at radius 1 is 1.42 bits per heavy atom. The van der Waals surface area contributed by atoms with Crippen LogP contribution in [0.15, 0.2) is 30.6 Å². The monoisotopic (exact) mass is 347 g/mol. The molecule has 0 radical (unpaired) electrons. The fraction of sp³-hybridized carbons (Fsp3) is 0.263. The molecule has 1 fully saturated rings. The molecule has 130 valence electrons. The van der Waals surface area contributed by atoms with Crippen molar-refractivity contribution in [2.24, 2.45) is 0 Å². The van der Waals surface area contributed by atoms with Crippen molar-refractivity contribution >= 4 is 22.6 Å². The lowest BCUT2D eigenvalue weighted by Gasteiger charge is -2.10. The Morgan fingerprint density at radius 2 is 2.31 bits per heavy atom. The molecule has 0 bridgehead atoms. The minimum Gasteiger partial charge on any atom is -0.381 e. The van der Waals surface area contributed by atoms with Gasteiger partial charge in [-0.1, -0.05) is 0 Å². The lowest BCUT2D eigenvalue weighted by atomic mass is 10.0. The Labute approximate surface area is 150 Å². The number of rotatable bonds is 3. The van der Waals surface area contributed by atoms with Crippen LogP contribution in [0.4, 0.5) is 5.82 Å². The predicted octanol–water partition coefficient (Wildman–Crippen LogP) is 2.96. The Morgan fingerprint density at radius 3 is 3.04 bits per heavy atom. The molecule has 0 spiro atoms. The first-order chi connectivity index (χ1) is 12.6. The lowest BCUT2D eigenvalue weighted by Crippen LogP contribution is -2.07. The summed E-state index contributed by atoms with van der Waals surface area (Å²) in [6, 6.07) is 7.64. The third kappa shape index (κ3) is 3.03. The molecule has 3 aromatic rings. The summed E-state index contributed by atoms with van der Waals surface area (Å²) in [4.78, 5) is 23.5. The number of fused-ring (bicyclic) bond motifs is 1. The van der Waals surface area contributed by atoms with E-state index < -0.39 is 0 Å². The fourth-order valence-electron chi connectivity index (χ4n) is 3.21. The molecule has 1 unspecified atom stereocenters. The van der Waals surface area contributed by atoms with Crippen molar-refractivity contribution < 1.29 is 9.53 Å². The van der Waals surface area contributed by atoms with Crippen LogP contribution in [0.2, 0.25) is 0 Å². The van der Waals surface area contributed by atoms with Crippen molar-refractivity contribution in [3.8, 4) is 17.3 Å². The number of hydrogen-bond acceptors (Lipinski definition) is 5. The summed E-state index contributed by atoms with van der Waals surface area (Å²) >= 11 is 0. The highest BCUT2D eigenvalue weighted by molar-refractivity contribution is 5.97. The first kappa shape index (κ1) is 16.2. The van der Waals surface area contributed by atoms with Gasteiger partial charge in [-0.2, -0.15) is 5.26 Å². The van der Waals surface area contributed by atoms with Crippen LogP contribution in [0.5, 0.6) is 0 Å². The van der Waals surface area contributed by atoms with E-state index in [0.717, 1.165) is 40.9 Å². The van der Waals surface area contributed by atoms with Crippen molar-refractivity contribution in [1.82, 2.24) is 15.0 Å². The topological polar surface area (TPSA) is 104 Å². The summed E-state index contributed by atoms with van der Waals surface area (Å²) in [5, 5.41) is 13.0. The van der Waals surface area contributed by atoms with E-state index >= 15 is 0 Å². The first-order valence-corrected chi connectivity index (χ1v) is 8.39. The smallest absolute Gasteiger partial charge is 0.222 e. The Hall–Kier alpha value is -3.24. The SMILES string of the molecule is CC(=O)Nc1cc2c(-c3cc(C#N)cc(C4CCOC4)n3)c[nH]c2cn1. The number of anilines is 1. The van der Waals surface area contributed by atoms with E-state index in [0.29, 0.717) is 18.0 Å². The molecule has 7 nitrogen and oxygen atoms in total. The van der Waals surface area contributed by atoms with Crippen molar-refractivity contribution in [1.29, 1.82) is 5.26 Å². The second kappa shape index (κ2) is 6.58. The van der Waals surface area contributed by atoms with Gasteiger partial charge in [0, 0.05) is 42.3 Å². The molecule has 1 amide bonds. The lowest BCUT2D eigenvalue weighted by molar-refractivity contribution is -0.114. The first-order valence-electron chi connectivity index (χ1n) is 8.39. The van der Waals surface area contributed by atoms with E-state index in [1.54, 1.807) is 12.3 Å². The Kier molecular flexibility index (Phi) is 4.11. The number of ether oxygens (including phenoxy) is 1. The van der Waals surface area contributed by atoms with E-state index in [1.165, 1.54) is 6.92 Å². The van der Waals surface area contributed by atoms with Gasteiger partial charge in [-0.15, -0.1) is 0 Å². The Bertz CT molecular complexity index is 1030. The number of carbonyl (C=O) groups is 1. The molecule has 1 atom stereocenters. The summed E-state index contributed by atoms with van der Waals surface area (Å²) in [6.45, 7) is 2.79. The molecule has 1 aliphatic rings. The van der Waals surface area contributed by atoms with Gasteiger partial charge in [0.25, 0.3) is 0 Å². The van der Waals surface area contributed by atoms with Gasteiger partial charge in [0.2, 0.25) is 5.91 Å². The van der Waals surface area contributed by atoms with Crippen LogP contribution in [0.3, 0.4) is 0 Å². The molecule has 3 aromatic heterocycles. The number of pyridine rings is 2. The van der Waals surface area contributed by atoms with Crippen molar-refractivity contribution in [2.45, 2.75) is 19.3 Å². The van der Waals surface area contributed by atoms with Crippen molar-refractivity contribution in [2.75, 3.05) is 18.5 Å². The maximum atomic E-state index is 11.3. The molecule has 1 saturated heterocycles. The minimum atomic E-state index is -0.179. The van der Waals surface area contributed by atoms with Gasteiger partial charge in [-0.25, -0.2) is 4.98 Å². The average Bonchev–Trinajstić information content (AvgIpc) is 3.30. The van der Waals surface area contributed by atoms with Crippen LogP contribution in [-0.4, -0.2) is 34.1 Å².